The zero-order chi connectivity index (χ0) is 11.4. The van der Waals surface area contributed by atoms with Crippen molar-refractivity contribution in [1.82, 2.24) is 0 Å². The zero-order valence-corrected chi connectivity index (χ0v) is 9.57. The van der Waals surface area contributed by atoms with Crippen LogP contribution >= 0.6 is 25.3 Å². The van der Waals surface area contributed by atoms with Gasteiger partial charge in [-0.1, -0.05) is 0 Å². The summed E-state index contributed by atoms with van der Waals surface area (Å²) >= 11 is 7.99. The molecule has 1 rings (SSSR count). The fourth-order valence-corrected chi connectivity index (χ4v) is 1.85. The Balaban J connectivity index is 2.91. The van der Waals surface area contributed by atoms with E-state index in [1.807, 2.05) is 0 Å². The molecular formula is C10H10F2OS2. The minimum Gasteiger partial charge on any atom is -0.293 e. The number of carbonyl (C=O) groups excluding carboxylic acids is 1. The van der Waals surface area contributed by atoms with Crippen molar-refractivity contribution >= 4 is 31.0 Å². The van der Waals surface area contributed by atoms with Crippen molar-refractivity contribution in [3.8, 4) is 0 Å². The van der Waals surface area contributed by atoms with Crippen molar-refractivity contribution in [1.29, 1.82) is 0 Å². The topological polar surface area (TPSA) is 17.1 Å². The first-order valence-corrected chi connectivity index (χ1v) is 5.49. The van der Waals surface area contributed by atoms with Gasteiger partial charge in [0.15, 0.2) is 5.78 Å². The van der Waals surface area contributed by atoms with Crippen molar-refractivity contribution in [2.24, 2.45) is 0 Å². The van der Waals surface area contributed by atoms with Crippen molar-refractivity contribution in [2.75, 3.05) is 5.75 Å². The van der Waals surface area contributed by atoms with Crippen LogP contribution in [0, 0.1) is 11.6 Å². The van der Waals surface area contributed by atoms with Gasteiger partial charge in [0.05, 0.1) is 10.8 Å². The van der Waals surface area contributed by atoms with E-state index in [-0.39, 0.29) is 5.56 Å². The maximum Gasteiger partial charge on any atom is 0.178 e. The standard InChI is InChI=1S/C10H10F2OS2/c11-6-1-2-7(8(12)5-6)10(13)9(15)3-4-14/h1-2,5,9,14-15H,3-4H2. The minimum absolute atomic E-state index is 0.127. The molecule has 1 nitrogen and oxygen atoms in total. The summed E-state index contributed by atoms with van der Waals surface area (Å²) in [4.78, 5) is 11.6. The summed E-state index contributed by atoms with van der Waals surface area (Å²) in [6.45, 7) is 0. The molecule has 0 spiro atoms. The normalized spacial score (nSPS) is 12.5. The SMILES string of the molecule is O=C(c1ccc(F)cc1F)C(S)CCS. The van der Waals surface area contributed by atoms with E-state index in [9.17, 15) is 13.6 Å². The van der Waals surface area contributed by atoms with Crippen molar-refractivity contribution in [2.45, 2.75) is 11.7 Å². The van der Waals surface area contributed by atoms with Gasteiger partial charge in [0.1, 0.15) is 11.6 Å². The van der Waals surface area contributed by atoms with E-state index in [0.29, 0.717) is 18.2 Å². The molecule has 15 heavy (non-hydrogen) atoms. The molecule has 0 N–H and O–H groups in total. The van der Waals surface area contributed by atoms with E-state index < -0.39 is 22.7 Å². The summed E-state index contributed by atoms with van der Waals surface area (Å²) in [5.74, 6) is -1.50. The number of carbonyl (C=O) groups is 1. The summed E-state index contributed by atoms with van der Waals surface area (Å²) < 4.78 is 25.8. The van der Waals surface area contributed by atoms with Crippen LogP contribution in [-0.4, -0.2) is 16.8 Å². The lowest BCUT2D eigenvalue weighted by molar-refractivity contribution is 0.0985. The number of hydrogen-bond acceptors (Lipinski definition) is 3. The van der Waals surface area contributed by atoms with Gasteiger partial charge in [0.2, 0.25) is 0 Å². The summed E-state index contributed by atoms with van der Waals surface area (Å²) in [5.41, 5.74) is -0.127. The van der Waals surface area contributed by atoms with Crippen molar-refractivity contribution in [3.63, 3.8) is 0 Å². The van der Waals surface area contributed by atoms with E-state index >= 15 is 0 Å². The second-order valence-corrected chi connectivity index (χ2v) is 4.09. The van der Waals surface area contributed by atoms with E-state index in [0.717, 1.165) is 12.1 Å². The maximum absolute atomic E-state index is 13.2. The van der Waals surface area contributed by atoms with Gasteiger partial charge in [0.25, 0.3) is 0 Å². The molecule has 0 fully saturated rings. The summed E-state index contributed by atoms with van der Waals surface area (Å²) in [6, 6.07) is 2.88. The average Bonchev–Trinajstić information content (AvgIpc) is 2.17. The predicted octanol–water partition coefficient (Wildman–Crippen LogP) is 2.77. The van der Waals surface area contributed by atoms with E-state index in [2.05, 4.69) is 25.3 Å². The monoisotopic (exact) mass is 248 g/mol. The van der Waals surface area contributed by atoms with E-state index in [1.165, 1.54) is 0 Å². The Morgan fingerprint density at radius 2 is 2.07 bits per heavy atom. The molecule has 0 saturated carbocycles. The molecule has 82 valence electrons. The number of Topliss-reactive ketones (excluding diaryl/α,β-unsaturated/α-hetero) is 1. The molecule has 0 radical (unpaired) electrons. The van der Waals surface area contributed by atoms with Gasteiger partial charge in [-0.25, -0.2) is 8.78 Å². The van der Waals surface area contributed by atoms with Crippen LogP contribution in [0.4, 0.5) is 8.78 Å². The van der Waals surface area contributed by atoms with Crippen LogP contribution in [0.2, 0.25) is 0 Å². The lowest BCUT2D eigenvalue weighted by Crippen LogP contribution is -2.17. The fraction of sp³-hybridized carbons (Fsp3) is 0.300. The Morgan fingerprint density at radius 1 is 1.40 bits per heavy atom. The number of halogens is 2. The first-order valence-electron chi connectivity index (χ1n) is 4.34. The van der Waals surface area contributed by atoms with E-state index in [4.69, 9.17) is 0 Å². The molecule has 0 saturated heterocycles. The molecular weight excluding hydrogens is 238 g/mol. The molecule has 1 unspecified atom stereocenters. The maximum atomic E-state index is 13.2. The highest BCUT2D eigenvalue weighted by atomic mass is 32.1. The average molecular weight is 248 g/mol. The Labute approximate surface area is 97.7 Å². The fourth-order valence-electron chi connectivity index (χ4n) is 1.12. The Kier molecular flexibility index (Phi) is 4.60. The van der Waals surface area contributed by atoms with Gasteiger partial charge in [-0.15, -0.1) is 0 Å². The number of rotatable bonds is 4. The van der Waals surface area contributed by atoms with Gasteiger partial charge in [-0.05, 0) is 24.3 Å². The smallest absolute Gasteiger partial charge is 0.178 e. The van der Waals surface area contributed by atoms with Crippen LogP contribution in [0.5, 0.6) is 0 Å². The van der Waals surface area contributed by atoms with Gasteiger partial charge in [-0.3, -0.25) is 4.79 Å². The van der Waals surface area contributed by atoms with Crippen molar-refractivity contribution < 1.29 is 13.6 Å². The lowest BCUT2D eigenvalue weighted by Gasteiger charge is -2.08. The Hall–Kier alpha value is -0.550. The molecule has 1 atom stereocenters. The molecule has 0 aromatic heterocycles. The minimum atomic E-state index is -0.849. The number of ketones is 1. The van der Waals surface area contributed by atoms with Crippen LogP contribution < -0.4 is 0 Å². The first kappa shape index (κ1) is 12.5. The molecule has 0 aliphatic carbocycles. The second-order valence-electron chi connectivity index (χ2n) is 3.02. The molecule has 5 heteroatoms. The van der Waals surface area contributed by atoms with Crippen LogP contribution in [0.3, 0.4) is 0 Å². The third kappa shape index (κ3) is 3.21. The highest BCUT2D eigenvalue weighted by Crippen LogP contribution is 2.16. The number of hydrogen-bond donors (Lipinski definition) is 2. The van der Waals surface area contributed by atoms with Gasteiger partial charge in [-0.2, -0.15) is 25.3 Å². The summed E-state index contributed by atoms with van der Waals surface area (Å²) in [6.07, 6.45) is 0.446. The highest BCUT2D eigenvalue weighted by molar-refractivity contribution is 7.82. The van der Waals surface area contributed by atoms with Crippen LogP contribution in [0.25, 0.3) is 0 Å². The summed E-state index contributed by atoms with van der Waals surface area (Å²) in [5, 5.41) is -0.595. The lowest BCUT2D eigenvalue weighted by atomic mass is 10.1. The van der Waals surface area contributed by atoms with Gasteiger partial charge >= 0.3 is 0 Å². The number of thiol groups is 2. The molecule has 1 aromatic rings. The van der Waals surface area contributed by atoms with Crippen LogP contribution in [0.1, 0.15) is 16.8 Å². The van der Waals surface area contributed by atoms with Gasteiger partial charge < -0.3 is 0 Å². The third-order valence-corrected chi connectivity index (χ3v) is 2.65. The zero-order valence-electron chi connectivity index (χ0n) is 7.78. The van der Waals surface area contributed by atoms with E-state index in [1.54, 1.807) is 0 Å². The van der Waals surface area contributed by atoms with Crippen LogP contribution in [0.15, 0.2) is 18.2 Å². The van der Waals surface area contributed by atoms with Crippen LogP contribution in [-0.2, 0) is 0 Å². The molecule has 0 bridgehead atoms. The van der Waals surface area contributed by atoms with Gasteiger partial charge in [0, 0.05) is 6.07 Å². The predicted molar refractivity (Wildman–Crippen MR) is 61.9 cm³/mol. The Morgan fingerprint density at radius 3 is 2.60 bits per heavy atom. The molecule has 0 aliphatic rings. The van der Waals surface area contributed by atoms with Crippen molar-refractivity contribution in [3.05, 3.63) is 35.4 Å². The third-order valence-electron chi connectivity index (χ3n) is 1.90. The molecule has 0 aliphatic heterocycles. The summed E-state index contributed by atoms with van der Waals surface area (Å²) in [7, 11) is 0. The first-order chi connectivity index (χ1) is 7.06. The largest absolute Gasteiger partial charge is 0.293 e. The molecule has 0 amide bonds. The molecule has 1 aromatic carbocycles. The second kappa shape index (κ2) is 5.51. The highest BCUT2D eigenvalue weighted by Gasteiger charge is 2.19. The molecule has 0 heterocycles. The quantitative estimate of drug-likeness (QED) is 0.619. The Bertz CT molecular complexity index is 368. The number of benzene rings is 1.